The number of carboxylic acid groups (broad SMARTS) is 1. The van der Waals surface area contributed by atoms with Crippen molar-refractivity contribution in [2.45, 2.75) is 70.1 Å². The molecule has 4 atom stereocenters. The molecule has 0 spiro atoms. The number of primary amides is 2. The molecule has 1 aromatic rings. The average Bonchev–Trinajstić information content (AvgIpc) is 3.27. The summed E-state index contributed by atoms with van der Waals surface area (Å²) in [5, 5.41) is 16.4. The van der Waals surface area contributed by atoms with Gasteiger partial charge in [0, 0.05) is 24.7 Å². The van der Waals surface area contributed by atoms with Gasteiger partial charge in [-0.25, -0.2) is 9.78 Å². The smallest absolute Gasteiger partial charge is 0.326 e. The minimum Gasteiger partial charge on any atom is -0.480 e. The van der Waals surface area contributed by atoms with Gasteiger partial charge in [0.05, 0.1) is 18.8 Å². The van der Waals surface area contributed by atoms with E-state index in [2.05, 4.69) is 25.9 Å². The second kappa shape index (κ2) is 14.4. The van der Waals surface area contributed by atoms with Crippen molar-refractivity contribution in [3.05, 3.63) is 18.2 Å². The summed E-state index contributed by atoms with van der Waals surface area (Å²) < 4.78 is 0. The van der Waals surface area contributed by atoms with Crippen LogP contribution >= 0.6 is 0 Å². The quantitative estimate of drug-likeness (QED) is 0.112. The zero-order valence-corrected chi connectivity index (χ0v) is 20.2. The number of nitrogens with zero attached hydrogens (tertiary/aromatic N) is 1. The van der Waals surface area contributed by atoms with Crippen LogP contribution < -0.4 is 33.2 Å². The number of rotatable bonds is 16. The molecule has 0 aliphatic carbocycles. The highest BCUT2D eigenvalue weighted by atomic mass is 16.4. The first-order valence-corrected chi connectivity index (χ1v) is 11.2. The van der Waals surface area contributed by atoms with Crippen molar-refractivity contribution in [3.8, 4) is 0 Å². The molecule has 15 heteroatoms. The predicted molar refractivity (Wildman–Crippen MR) is 125 cm³/mol. The van der Waals surface area contributed by atoms with Crippen molar-refractivity contribution in [2.75, 3.05) is 0 Å². The lowest BCUT2D eigenvalue weighted by atomic mass is 10.0. The van der Waals surface area contributed by atoms with E-state index in [1.165, 1.54) is 12.5 Å². The number of carbonyl (C=O) groups is 6. The van der Waals surface area contributed by atoms with Crippen LogP contribution in [0.3, 0.4) is 0 Å². The van der Waals surface area contributed by atoms with E-state index in [1.54, 1.807) is 13.8 Å². The van der Waals surface area contributed by atoms with Crippen molar-refractivity contribution in [2.24, 2.45) is 23.1 Å². The third-order valence-electron chi connectivity index (χ3n) is 5.00. The van der Waals surface area contributed by atoms with Gasteiger partial charge in [-0.3, -0.25) is 24.0 Å². The summed E-state index contributed by atoms with van der Waals surface area (Å²) in [6, 6.07) is -5.22. The SMILES string of the molecule is CC(C)CC(NC(=O)C(CCC(N)=O)NC(=O)C(CC(N)=O)NC(=O)C(N)Cc1cnc[nH]1)C(=O)O. The Hall–Kier alpha value is -4.01. The highest BCUT2D eigenvalue weighted by molar-refractivity contribution is 5.96. The Morgan fingerprint density at radius 3 is 2.03 bits per heavy atom. The average molecular weight is 511 g/mol. The van der Waals surface area contributed by atoms with E-state index in [0.29, 0.717) is 5.69 Å². The molecule has 200 valence electrons. The Kier molecular flexibility index (Phi) is 12.0. The number of aliphatic carboxylic acids is 1. The molecule has 0 bridgehead atoms. The number of H-pyrrole nitrogens is 1. The first-order chi connectivity index (χ1) is 16.8. The van der Waals surface area contributed by atoms with E-state index in [-0.39, 0.29) is 31.6 Å². The molecule has 11 N–H and O–H groups in total. The first kappa shape index (κ1) is 30.0. The Balaban J connectivity index is 2.99. The molecule has 0 radical (unpaired) electrons. The van der Waals surface area contributed by atoms with Gasteiger partial charge in [0.2, 0.25) is 29.5 Å². The second-order valence-corrected chi connectivity index (χ2v) is 8.71. The van der Waals surface area contributed by atoms with Crippen LogP contribution in [0.1, 0.15) is 45.2 Å². The van der Waals surface area contributed by atoms with Crippen molar-refractivity contribution < 1.29 is 33.9 Å². The number of aromatic amines is 1. The molecule has 0 saturated heterocycles. The molecule has 5 amide bonds. The normalized spacial score (nSPS) is 14.2. The minimum atomic E-state index is -1.49. The maximum Gasteiger partial charge on any atom is 0.326 e. The summed E-state index contributed by atoms with van der Waals surface area (Å²) in [6.45, 7) is 3.53. The highest BCUT2D eigenvalue weighted by Crippen LogP contribution is 2.07. The van der Waals surface area contributed by atoms with Gasteiger partial charge in [-0.05, 0) is 18.8 Å². The molecule has 0 aliphatic heterocycles. The molecule has 36 heavy (non-hydrogen) atoms. The maximum absolute atomic E-state index is 12.9. The third-order valence-corrected chi connectivity index (χ3v) is 5.00. The zero-order chi connectivity index (χ0) is 27.4. The first-order valence-electron chi connectivity index (χ1n) is 11.2. The van der Waals surface area contributed by atoms with Gasteiger partial charge in [-0.15, -0.1) is 0 Å². The summed E-state index contributed by atoms with van der Waals surface area (Å²) >= 11 is 0. The lowest BCUT2D eigenvalue weighted by Gasteiger charge is -2.25. The molecule has 4 unspecified atom stereocenters. The number of aromatic nitrogens is 2. The van der Waals surface area contributed by atoms with Gasteiger partial charge in [0.15, 0.2) is 0 Å². The van der Waals surface area contributed by atoms with Crippen LogP contribution in [0, 0.1) is 5.92 Å². The molecule has 0 saturated carbocycles. The number of imidazole rings is 1. The van der Waals surface area contributed by atoms with Crippen molar-refractivity contribution >= 4 is 35.5 Å². The largest absolute Gasteiger partial charge is 0.480 e. The molecule has 0 fully saturated rings. The summed E-state index contributed by atoms with van der Waals surface area (Å²) in [5.41, 5.74) is 16.8. The van der Waals surface area contributed by atoms with Crippen molar-refractivity contribution in [1.29, 1.82) is 0 Å². The molecule has 1 heterocycles. The minimum absolute atomic E-state index is 0.0623. The highest BCUT2D eigenvalue weighted by Gasteiger charge is 2.31. The van der Waals surface area contributed by atoms with Gasteiger partial charge < -0.3 is 43.2 Å². The van der Waals surface area contributed by atoms with Crippen LogP contribution in [0.4, 0.5) is 0 Å². The number of hydrogen-bond acceptors (Lipinski definition) is 8. The van der Waals surface area contributed by atoms with E-state index in [9.17, 15) is 33.9 Å². The summed E-state index contributed by atoms with van der Waals surface area (Å²) in [4.78, 5) is 79.1. The number of nitrogens with one attached hydrogen (secondary N) is 4. The van der Waals surface area contributed by atoms with Crippen LogP contribution in [0.2, 0.25) is 0 Å². The summed E-state index contributed by atoms with van der Waals surface area (Å²) in [7, 11) is 0. The molecule has 0 aromatic carbocycles. The standard InChI is InChI=1S/C21H34N8O7/c1-10(2)5-15(21(35)36)29-19(33)13(3-4-16(23)30)27-20(34)14(7-17(24)31)28-18(32)12(22)6-11-8-25-9-26-11/h8-10,12-15H,3-7,22H2,1-2H3,(H2,23,30)(H2,24,31)(H,25,26)(H,27,34)(H,28,32)(H,29,33)(H,35,36). The molecular formula is C21H34N8O7. The Morgan fingerprint density at radius 1 is 0.944 bits per heavy atom. The topological polar surface area (TPSA) is 265 Å². The monoisotopic (exact) mass is 510 g/mol. The summed E-state index contributed by atoms with van der Waals surface area (Å²) in [6.07, 6.45) is 1.88. The second-order valence-electron chi connectivity index (χ2n) is 8.71. The van der Waals surface area contributed by atoms with E-state index in [1.807, 2.05) is 0 Å². The van der Waals surface area contributed by atoms with Crippen LogP contribution in [0.15, 0.2) is 12.5 Å². The third kappa shape index (κ3) is 10.9. The summed E-state index contributed by atoms with van der Waals surface area (Å²) in [5.74, 6) is -5.63. The molecule has 0 aliphatic rings. The van der Waals surface area contributed by atoms with Crippen molar-refractivity contribution in [1.82, 2.24) is 25.9 Å². The Bertz CT molecular complexity index is 935. The van der Waals surface area contributed by atoms with Gasteiger partial charge in [-0.1, -0.05) is 13.8 Å². The number of amides is 5. The van der Waals surface area contributed by atoms with Crippen molar-refractivity contribution in [3.63, 3.8) is 0 Å². The maximum atomic E-state index is 12.9. The van der Waals surface area contributed by atoms with Crippen LogP contribution in [-0.2, 0) is 35.2 Å². The lowest BCUT2D eigenvalue weighted by Crippen LogP contribution is -2.58. The predicted octanol–water partition coefficient (Wildman–Crippen LogP) is -2.99. The van der Waals surface area contributed by atoms with Crippen LogP contribution in [0.5, 0.6) is 0 Å². The van der Waals surface area contributed by atoms with E-state index < -0.39 is 66.1 Å². The fourth-order valence-electron chi connectivity index (χ4n) is 3.21. The molecular weight excluding hydrogens is 476 g/mol. The molecule has 1 rings (SSSR count). The van der Waals surface area contributed by atoms with Gasteiger partial charge in [0.25, 0.3) is 0 Å². The zero-order valence-electron chi connectivity index (χ0n) is 20.2. The molecule has 15 nitrogen and oxygen atoms in total. The number of nitrogens with two attached hydrogens (primary N) is 3. The van der Waals surface area contributed by atoms with E-state index in [4.69, 9.17) is 17.2 Å². The van der Waals surface area contributed by atoms with Gasteiger partial charge >= 0.3 is 5.97 Å². The van der Waals surface area contributed by atoms with Gasteiger partial charge in [-0.2, -0.15) is 0 Å². The van der Waals surface area contributed by atoms with Gasteiger partial charge in [0.1, 0.15) is 18.1 Å². The molecule has 1 aromatic heterocycles. The fraction of sp³-hybridized carbons (Fsp3) is 0.571. The lowest BCUT2D eigenvalue weighted by molar-refractivity contribution is -0.143. The van der Waals surface area contributed by atoms with Crippen LogP contribution in [-0.4, -0.2) is 74.7 Å². The fourth-order valence-corrected chi connectivity index (χ4v) is 3.21. The number of hydrogen-bond donors (Lipinski definition) is 8. The Morgan fingerprint density at radius 2 is 1.53 bits per heavy atom. The number of carbonyl (C=O) groups excluding carboxylic acids is 5. The van der Waals surface area contributed by atoms with Crippen LogP contribution in [0.25, 0.3) is 0 Å². The number of carboxylic acids is 1. The van der Waals surface area contributed by atoms with E-state index >= 15 is 0 Å². The van der Waals surface area contributed by atoms with E-state index in [0.717, 1.165) is 0 Å². The Labute approximate surface area is 207 Å².